The molecule has 0 aliphatic rings. The Morgan fingerprint density at radius 3 is 2.77 bits per heavy atom. The summed E-state index contributed by atoms with van der Waals surface area (Å²) in [6.07, 6.45) is 3.53. The van der Waals surface area contributed by atoms with E-state index in [-0.39, 0.29) is 17.5 Å². The Hall–Kier alpha value is -2.80. The SMILES string of the molecule is CCC(NC(=O)c1cccc(-c2cncc(=O)[nH]2)c1)c1nc(C)c(C)s1. The van der Waals surface area contributed by atoms with Gasteiger partial charge in [0.2, 0.25) is 0 Å². The van der Waals surface area contributed by atoms with Crippen LogP contribution < -0.4 is 10.9 Å². The van der Waals surface area contributed by atoms with Crippen molar-refractivity contribution in [1.82, 2.24) is 20.3 Å². The van der Waals surface area contributed by atoms with Gasteiger partial charge in [0.1, 0.15) is 5.01 Å². The zero-order chi connectivity index (χ0) is 18.7. The number of nitrogens with one attached hydrogen (secondary N) is 2. The smallest absolute Gasteiger partial charge is 0.266 e. The van der Waals surface area contributed by atoms with Crippen LogP contribution in [0.25, 0.3) is 11.3 Å². The summed E-state index contributed by atoms with van der Waals surface area (Å²) in [7, 11) is 0. The first-order valence-electron chi connectivity index (χ1n) is 8.37. The largest absolute Gasteiger partial charge is 0.343 e. The van der Waals surface area contributed by atoms with E-state index in [1.807, 2.05) is 26.8 Å². The minimum absolute atomic E-state index is 0.123. The van der Waals surface area contributed by atoms with Gasteiger partial charge in [-0.3, -0.25) is 14.6 Å². The maximum Gasteiger partial charge on any atom is 0.266 e. The number of amides is 1. The normalized spacial score (nSPS) is 12.0. The van der Waals surface area contributed by atoms with Crippen molar-refractivity contribution in [3.05, 3.63) is 68.2 Å². The van der Waals surface area contributed by atoms with E-state index in [1.54, 1.807) is 35.7 Å². The van der Waals surface area contributed by atoms with E-state index < -0.39 is 0 Å². The molecule has 1 unspecified atom stereocenters. The van der Waals surface area contributed by atoms with Gasteiger partial charge in [-0.1, -0.05) is 19.1 Å². The number of carbonyl (C=O) groups excluding carboxylic acids is 1. The molecular formula is C19H20N4O2S. The third-order valence-corrected chi connectivity index (χ3v) is 5.33. The number of aromatic nitrogens is 3. The van der Waals surface area contributed by atoms with Crippen molar-refractivity contribution in [3.8, 4) is 11.3 Å². The molecule has 0 fully saturated rings. The van der Waals surface area contributed by atoms with E-state index in [1.165, 1.54) is 6.20 Å². The second-order valence-corrected chi connectivity index (χ2v) is 7.25. The third-order valence-electron chi connectivity index (χ3n) is 4.15. The number of carbonyl (C=O) groups is 1. The Balaban J connectivity index is 1.83. The molecule has 2 heterocycles. The van der Waals surface area contributed by atoms with E-state index in [4.69, 9.17) is 0 Å². The highest BCUT2D eigenvalue weighted by Crippen LogP contribution is 2.25. The number of hydrogen-bond donors (Lipinski definition) is 2. The van der Waals surface area contributed by atoms with Crippen LogP contribution >= 0.6 is 11.3 Å². The summed E-state index contributed by atoms with van der Waals surface area (Å²) < 4.78 is 0. The number of thiazole rings is 1. The maximum atomic E-state index is 12.7. The van der Waals surface area contributed by atoms with E-state index in [0.717, 1.165) is 27.6 Å². The first-order valence-corrected chi connectivity index (χ1v) is 9.19. The number of aryl methyl sites for hydroxylation is 2. The van der Waals surface area contributed by atoms with Crippen LogP contribution in [-0.2, 0) is 0 Å². The molecule has 6 nitrogen and oxygen atoms in total. The van der Waals surface area contributed by atoms with E-state index in [2.05, 4.69) is 20.3 Å². The number of H-pyrrole nitrogens is 1. The van der Waals surface area contributed by atoms with Crippen LogP contribution in [0, 0.1) is 13.8 Å². The van der Waals surface area contributed by atoms with Crippen LogP contribution in [-0.4, -0.2) is 20.9 Å². The number of rotatable bonds is 5. The Morgan fingerprint density at radius 2 is 2.12 bits per heavy atom. The molecular weight excluding hydrogens is 348 g/mol. The average Bonchev–Trinajstić information content (AvgIpc) is 2.98. The Kier molecular flexibility index (Phi) is 5.27. The van der Waals surface area contributed by atoms with Crippen molar-refractivity contribution >= 4 is 17.2 Å². The van der Waals surface area contributed by atoms with Gasteiger partial charge in [-0.15, -0.1) is 11.3 Å². The van der Waals surface area contributed by atoms with Gasteiger partial charge in [0, 0.05) is 16.0 Å². The monoisotopic (exact) mass is 368 g/mol. The molecule has 1 amide bonds. The molecule has 1 aromatic carbocycles. The van der Waals surface area contributed by atoms with Crippen molar-refractivity contribution in [2.24, 2.45) is 0 Å². The molecule has 0 spiro atoms. The predicted octanol–water partition coefficient (Wildman–Crippen LogP) is 3.39. The molecule has 0 saturated heterocycles. The lowest BCUT2D eigenvalue weighted by Crippen LogP contribution is -2.28. The molecule has 3 rings (SSSR count). The highest BCUT2D eigenvalue weighted by atomic mass is 32.1. The molecule has 0 aliphatic heterocycles. The Bertz CT molecular complexity index is 973. The topological polar surface area (TPSA) is 87.7 Å². The van der Waals surface area contributed by atoms with Crippen molar-refractivity contribution in [2.45, 2.75) is 33.2 Å². The first-order chi connectivity index (χ1) is 12.5. The summed E-state index contributed by atoms with van der Waals surface area (Å²) in [4.78, 5) is 36.5. The minimum Gasteiger partial charge on any atom is -0.343 e. The maximum absolute atomic E-state index is 12.7. The summed E-state index contributed by atoms with van der Waals surface area (Å²) in [5, 5.41) is 3.97. The molecule has 0 bridgehead atoms. The van der Waals surface area contributed by atoms with Gasteiger partial charge in [-0.05, 0) is 32.4 Å². The van der Waals surface area contributed by atoms with Crippen molar-refractivity contribution in [2.75, 3.05) is 0 Å². The Labute approximate surface area is 155 Å². The second-order valence-electron chi connectivity index (χ2n) is 6.02. The zero-order valence-corrected chi connectivity index (χ0v) is 15.7. The predicted molar refractivity (Wildman–Crippen MR) is 102 cm³/mol. The fourth-order valence-electron chi connectivity index (χ4n) is 2.58. The number of aromatic amines is 1. The highest BCUT2D eigenvalue weighted by molar-refractivity contribution is 7.11. The summed E-state index contributed by atoms with van der Waals surface area (Å²) in [5.74, 6) is -0.171. The summed E-state index contributed by atoms with van der Waals surface area (Å²) in [6, 6.07) is 6.98. The molecule has 7 heteroatoms. The number of benzene rings is 1. The summed E-state index contributed by atoms with van der Waals surface area (Å²) >= 11 is 1.61. The van der Waals surface area contributed by atoms with Crippen LogP contribution in [0.5, 0.6) is 0 Å². The fourth-order valence-corrected chi connectivity index (χ4v) is 3.64. The quantitative estimate of drug-likeness (QED) is 0.722. The Morgan fingerprint density at radius 1 is 1.31 bits per heavy atom. The van der Waals surface area contributed by atoms with E-state index in [0.29, 0.717) is 11.3 Å². The summed E-state index contributed by atoms with van der Waals surface area (Å²) in [5.41, 5.74) is 2.55. The van der Waals surface area contributed by atoms with Crippen LogP contribution in [0.2, 0.25) is 0 Å². The van der Waals surface area contributed by atoms with Gasteiger partial charge < -0.3 is 10.3 Å². The molecule has 0 saturated carbocycles. The second kappa shape index (κ2) is 7.61. The van der Waals surface area contributed by atoms with Gasteiger partial charge in [-0.2, -0.15) is 0 Å². The molecule has 2 aromatic heterocycles. The van der Waals surface area contributed by atoms with E-state index in [9.17, 15) is 9.59 Å². The number of hydrogen-bond acceptors (Lipinski definition) is 5. The fraction of sp³-hybridized carbons (Fsp3) is 0.263. The van der Waals surface area contributed by atoms with E-state index >= 15 is 0 Å². The van der Waals surface area contributed by atoms with Gasteiger partial charge in [0.15, 0.2) is 0 Å². The summed E-state index contributed by atoms with van der Waals surface area (Å²) in [6.45, 7) is 6.03. The lowest BCUT2D eigenvalue weighted by molar-refractivity contribution is 0.0935. The molecule has 3 aromatic rings. The standard InChI is InChI=1S/C19H20N4O2S/c1-4-15(19-21-11(2)12(3)26-19)23-18(25)14-7-5-6-13(8-14)16-9-20-10-17(24)22-16/h5-10,15H,4H2,1-3H3,(H,22,24)(H,23,25). The van der Waals surface area contributed by atoms with Crippen LogP contribution in [0.3, 0.4) is 0 Å². The van der Waals surface area contributed by atoms with Crippen molar-refractivity contribution in [3.63, 3.8) is 0 Å². The molecule has 0 aliphatic carbocycles. The minimum atomic E-state index is -0.280. The van der Waals surface area contributed by atoms with Crippen LogP contribution in [0.1, 0.15) is 45.3 Å². The lowest BCUT2D eigenvalue weighted by atomic mass is 10.1. The third kappa shape index (κ3) is 3.88. The van der Waals surface area contributed by atoms with Crippen molar-refractivity contribution in [1.29, 1.82) is 0 Å². The first kappa shape index (κ1) is 18.0. The van der Waals surface area contributed by atoms with Crippen molar-refractivity contribution < 1.29 is 4.79 Å². The van der Waals surface area contributed by atoms with Gasteiger partial charge in [0.05, 0.1) is 29.8 Å². The molecule has 0 radical (unpaired) electrons. The number of nitrogens with zero attached hydrogens (tertiary/aromatic N) is 2. The molecule has 1 atom stereocenters. The molecule has 26 heavy (non-hydrogen) atoms. The highest BCUT2D eigenvalue weighted by Gasteiger charge is 2.18. The van der Waals surface area contributed by atoms with Gasteiger partial charge in [0.25, 0.3) is 11.5 Å². The van der Waals surface area contributed by atoms with Crippen LogP contribution in [0.15, 0.2) is 41.5 Å². The van der Waals surface area contributed by atoms with Gasteiger partial charge in [-0.25, -0.2) is 4.98 Å². The zero-order valence-electron chi connectivity index (χ0n) is 14.9. The lowest BCUT2D eigenvalue weighted by Gasteiger charge is -2.15. The molecule has 2 N–H and O–H groups in total. The van der Waals surface area contributed by atoms with Gasteiger partial charge >= 0.3 is 0 Å². The van der Waals surface area contributed by atoms with Crippen LogP contribution in [0.4, 0.5) is 0 Å². The molecule has 134 valence electrons. The average molecular weight is 368 g/mol.